The Bertz CT molecular complexity index is 1150. The molecule has 2 aliphatic rings. The van der Waals surface area contributed by atoms with E-state index in [2.05, 4.69) is 38.7 Å². The van der Waals surface area contributed by atoms with E-state index in [1.54, 1.807) is 12.1 Å². The van der Waals surface area contributed by atoms with E-state index in [1.165, 1.54) is 12.1 Å². The Morgan fingerprint density at radius 1 is 0.971 bits per heavy atom. The summed E-state index contributed by atoms with van der Waals surface area (Å²) in [6, 6.07) is 14.4. The molecule has 2 heterocycles. The summed E-state index contributed by atoms with van der Waals surface area (Å²) in [6.07, 6.45) is 3.57. The summed E-state index contributed by atoms with van der Waals surface area (Å²) < 4.78 is 28.3. The normalized spacial score (nSPS) is 17.6. The quantitative estimate of drug-likeness (QED) is 0.634. The van der Waals surface area contributed by atoms with Crippen LogP contribution in [0, 0.1) is 0 Å². The van der Waals surface area contributed by atoms with Crippen LogP contribution in [0.2, 0.25) is 0 Å². The van der Waals surface area contributed by atoms with Gasteiger partial charge in [-0.25, -0.2) is 8.42 Å². The van der Waals surface area contributed by atoms with Gasteiger partial charge in [-0.1, -0.05) is 12.5 Å². The first-order valence-corrected chi connectivity index (χ1v) is 13.9. The third kappa shape index (κ3) is 6.61. The Labute approximate surface area is 208 Å². The fourth-order valence-corrected chi connectivity index (χ4v) is 5.57. The molecular formula is C26H35N5O3S. The van der Waals surface area contributed by atoms with Crippen molar-refractivity contribution in [3.05, 3.63) is 54.1 Å². The van der Waals surface area contributed by atoms with Crippen LogP contribution in [0.1, 0.15) is 49.9 Å². The summed E-state index contributed by atoms with van der Waals surface area (Å²) >= 11 is 0. The molecule has 4 rings (SSSR count). The van der Waals surface area contributed by atoms with E-state index in [9.17, 15) is 13.2 Å². The van der Waals surface area contributed by atoms with Gasteiger partial charge in [0.25, 0.3) is 15.9 Å². The fourth-order valence-electron chi connectivity index (χ4n) is 4.44. The fraction of sp³-hybridized carbons (Fsp3) is 0.462. The zero-order chi connectivity index (χ0) is 24.8. The average Bonchev–Trinajstić information content (AvgIpc) is 3.12. The third-order valence-corrected chi connectivity index (χ3v) is 7.95. The molecule has 1 amide bonds. The minimum absolute atomic E-state index is 0.0955. The molecule has 2 aliphatic heterocycles. The number of hydrogen-bond donors (Lipinski definition) is 2. The van der Waals surface area contributed by atoms with Crippen molar-refractivity contribution >= 4 is 33.1 Å². The summed E-state index contributed by atoms with van der Waals surface area (Å²) in [5.74, 6) is 0.222. The maximum atomic E-state index is 12.9. The van der Waals surface area contributed by atoms with E-state index < -0.39 is 10.0 Å². The van der Waals surface area contributed by atoms with Gasteiger partial charge in [0, 0.05) is 62.1 Å². The van der Waals surface area contributed by atoms with Crippen LogP contribution < -0.4 is 14.9 Å². The van der Waals surface area contributed by atoms with E-state index in [-0.39, 0.29) is 10.8 Å². The molecule has 0 bridgehead atoms. The SMILES string of the molecule is CC(C)N1CCN(c2ccc(C(=O)Nc3cccc(S(=O)(=O)NC4=NCCCCC4)c3)cc2)CC1. The number of amidine groups is 1. The first kappa shape index (κ1) is 25.2. The molecule has 1 saturated heterocycles. The topological polar surface area (TPSA) is 94.1 Å². The summed E-state index contributed by atoms with van der Waals surface area (Å²) in [7, 11) is -3.77. The monoisotopic (exact) mass is 497 g/mol. The second kappa shape index (κ2) is 11.2. The van der Waals surface area contributed by atoms with Crippen LogP contribution in [-0.2, 0) is 10.0 Å². The van der Waals surface area contributed by atoms with Gasteiger partial charge in [0.15, 0.2) is 0 Å². The second-order valence-electron chi connectivity index (χ2n) is 9.39. The minimum atomic E-state index is -3.77. The number of carbonyl (C=O) groups is 1. The lowest BCUT2D eigenvalue weighted by molar-refractivity contribution is 0.102. The maximum absolute atomic E-state index is 12.9. The van der Waals surface area contributed by atoms with Crippen LogP contribution in [0.25, 0.3) is 0 Å². The molecule has 0 unspecified atom stereocenters. The Morgan fingerprint density at radius 3 is 2.43 bits per heavy atom. The highest BCUT2D eigenvalue weighted by molar-refractivity contribution is 7.90. The predicted octanol–water partition coefficient (Wildman–Crippen LogP) is 3.72. The molecule has 0 atom stereocenters. The Morgan fingerprint density at radius 2 is 1.71 bits per heavy atom. The lowest BCUT2D eigenvalue weighted by Crippen LogP contribution is -2.48. The molecule has 188 valence electrons. The number of benzene rings is 2. The lowest BCUT2D eigenvalue weighted by Gasteiger charge is -2.38. The molecule has 0 aromatic heterocycles. The number of piperazine rings is 1. The smallest absolute Gasteiger partial charge is 0.262 e. The van der Waals surface area contributed by atoms with Gasteiger partial charge in [0.05, 0.1) is 4.90 Å². The van der Waals surface area contributed by atoms with E-state index in [4.69, 9.17) is 0 Å². The summed E-state index contributed by atoms with van der Waals surface area (Å²) in [4.78, 5) is 22.1. The maximum Gasteiger partial charge on any atom is 0.262 e. The Balaban J connectivity index is 1.38. The molecule has 9 heteroatoms. The van der Waals surface area contributed by atoms with Gasteiger partial charge in [0.2, 0.25) is 0 Å². The highest BCUT2D eigenvalue weighted by Gasteiger charge is 2.20. The summed E-state index contributed by atoms with van der Waals surface area (Å²) in [6.45, 7) is 9.06. The van der Waals surface area contributed by atoms with Crippen LogP contribution in [0.5, 0.6) is 0 Å². The van der Waals surface area contributed by atoms with Crippen molar-refractivity contribution in [2.24, 2.45) is 4.99 Å². The number of anilines is 2. The zero-order valence-corrected chi connectivity index (χ0v) is 21.4. The number of nitrogens with zero attached hydrogens (tertiary/aromatic N) is 3. The van der Waals surface area contributed by atoms with Crippen LogP contribution in [-0.4, -0.2) is 63.8 Å². The molecule has 2 aromatic rings. The molecule has 8 nitrogen and oxygen atoms in total. The highest BCUT2D eigenvalue weighted by atomic mass is 32.2. The molecule has 0 spiro atoms. The van der Waals surface area contributed by atoms with Crippen molar-refractivity contribution in [3.63, 3.8) is 0 Å². The molecule has 0 saturated carbocycles. The minimum Gasteiger partial charge on any atom is -0.369 e. The van der Waals surface area contributed by atoms with Crippen LogP contribution >= 0.6 is 0 Å². The van der Waals surface area contributed by atoms with Crippen LogP contribution in [0.3, 0.4) is 0 Å². The van der Waals surface area contributed by atoms with Crippen molar-refractivity contribution in [2.75, 3.05) is 42.9 Å². The standard InChI is InChI=1S/C26H35N5O3S/c1-20(2)30-15-17-31(18-16-30)23-12-10-21(11-13-23)26(32)28-22-7-6-8-24(19-22)35(33,34)29-25-9-4-3-5-14-27-25/h6-8,10-13,19-20H,3-5,9,14-18H2,1-2H3,(H,27,29)(H,28,32). The van der Waals surface area contributed by atoms with Crippen molar-refractivity contribution in [1.82, 2.24) is 9.62 Å². The molecule has 2 N–H and O–H groups in total. The van der Waals surface area contributed by atoms with Crippen LogP contribution in [0.4, 0.5) is 11.4 Å². The van der Waals surface area contributed by atoms with Crippen molar-refractivity contribution < 1.29 is 13.2 Å². The largest absolute Gasteiger partial charge is 0.369 e. The summed E-state index contributed by atoms with van der Waals surface area (Å²) in [5, 5.41) is 2.82. The van der Waals surface area contributed by atoms with E-state index >= 15 is 0 Å². The molecule has 35 heavy (non-hydrogen) atoms. The molecule has 2 aromatic carbocycles. The molecular weight excluding hydrogens is 462 g/mol. The number of hydrogen-bond acceptors (Lipinski definition) is 6. The van der Waals surface area contributed by atoms with Gasteiger partial charge in [-0.2, -0.15) is 0 Å². The molecule has 1 fully saturated rings. The van der Waals surface area contributed by atoms with E-state index in [0.717, 1.165) is 51.1 Å². The highest BCUT2D eigenvalue weighted by Crippen LogP contribution is 2.20. The van der Waals surface area contributed by atoms with Gasteiger partial charge in [-0.15, -0.1) is 0 Å². The lowest BCUT2D eigenvalue weighted by atomic mass is 10.1. The number of carbonyl (C=O) groups excluding carboxylic acids is 1. The van der Waals surface area contributed by atoms with Gasteiger partial charge < -0.3 is 10.2 Å². The third-order valence-electron chi connectivity index (χ3n) is 6.57. The van der Waals surface area contributed by atoms with Gasteiger partial charge in [0.1, 0.15) is 5.84 Å². The first-order chi connectivity index (χ1) is 16.8. The second-order valence-corrected chi connectivity index (χ2v) is 11.1. The van der Waals surface area contributed by atoms with Crippen molar-refractivity contribution in [3.8, 4) is 0 Å². The van der Waals surface area contributed by atoms with Crippen molar-refractivity contribution in [2.45, 2.75) is 50.5 Å². The van der Waals surface area contributed by atoms with E-state index in [1.807, 2.05) is 24.3 Å². The number of nitrogens with one attached hydrogen (secondary N) is 2. The number of aliphatic imine (C=N–C) groups is 1. The van der Waals surface area contributed by atoms with Gasteiger partial charge in [-0.05, 0) is 69.2 Å². The average molecular weight is 498 g/mol. The Hall–Kier alpha value is -2.91. The van der Waals surface area contributed by atoms with Crippen molar-refractivity contribution in [1.29, 1.82) is 0 Å². The van der Waals surface area contributed by atoms with Crippen LogP contribution in [0.15, 0.2) is 58.4 Å². The molecule has 0 aliphatic carbocycles. The molecule has 0 radical (unpaired) electrons. The van der Waals surface area contributed by atoms with E-state index in [0.29, 0.717) is 36.1 Å². The number of rotatable bonds is 6. The first-order valence-electron chi connectivity index (χ1n) is 12.4. The summed E-state index contributed by atoms with van der Waals surface area (Å²) in [5.41, 5.74) is 2.05. The zero-order valence-electron chi connectivity index (χ0n) is 20.5. The predicted molar refractivity (Wildman–Crippen MR) is 141 cm³/mol. The Kier molecular flexibility index (Phi) is 8.07. The van der Waals surface area contributed by atoms with Gasteiger partial charge >= 0.3 is 0 Å². The van der Waals surface area contributed by atoms with Gasteiger partial charge in [-0.3, -0.25) is 19.4 Å². The number of sulfonamides is 1. The number of amides is 1.